The van der Waals surface area contributed by atoms with Gasteiger partial charge in [0.15, 0.2) is 5.72 Å². The third-order valence-corrected chi connectivity index (χ3v) is 5.79. The van der Waals surface area contributed by atoms with Crippen LogP contribution in [-0.2, 0) is 0 Å². The third kappa shape index (κ3) is 2.39. The van der Waals surface area contributed by atoms with Gasteiger partial charge in [0.05, 0.1) is 18.4 Å². The molecular formula is C22H24N2O2. The van der Waals surface area contributed by atoms with Crippen LogP contribution in [0, 0.1) is 0 Å². The zero-order valence-corrected chi connectivity index (χ0v) is 15.1. The van der Waals surface area contributed by atoms with E-state index in [1.54, 1.807) is 0 Å². The van der Waals surface area contributed by atoms with Crippen LogP contribution < -0.4 is 9.47 Å². The van der Waals surface area contributed by atoms with Crippen LogP contribution in [0.3, 0.4) is 0 Å². The Hall–Kier alpha value is -2.49. The highest BCUT2D eigenvalue weighted by atomic mass is 16.5. The van der Waals surface area contributed by atoms with Crippen LogP contribution in [0.25, 0.3) is 0 Å². The zero-order valence-electron chi connectivity index (χ0n) is 15.1. The molecule has 2 heterocycles. The lowest BCUT2D eigenvalue weighted by Gasteiger charge is -2.45. The summed E-state index contributed by atoms with van der Waals surface area (Å²) in [5.74, 6) is 1.95. The van der Waals surface area contributed by atoms with E-state index in [0.717, 1.165) is 36.5 Å². The van der Waals surface area contributed by atoms with E-state index >= 15 is 0 Å². The smallest absolute Gasteiger partial charge is 0.198 e. The normalized spacial score (nSPS) is 22.6. The molecular weight excluding hydrogens is 324 g/mol. The highest BCUT2D eigenvalue weighted by Gasteiger charge is 2.51. The minimum absolute atomic E-state index is 0.258. The Kier molecular flexibility index (Phi) is 3.66. The Morgan fingerprint density at radius 3 is 2.65 bits per heavy atom. The van der Waals surface area contributed by atoms with Gasteiger partial charge in [0.2, 0.25) is 0 Å². The second kappa shape index (κ2) is 6.04. The van der Waals surface area contributed by atoms with Gasteiger partial charge in [-0.25, -0.2) is 5.01 Å². The molecule has 0 bridgehead atoms. The standard InChI is InChI=1S/C22H24N2O2/c1-2-25-17-11-9-16(10-12-17)19-15-20-18-7-3-4-8-21(18)26-22(24(20)23-19)13-5-6-14-22/h3-4,7-12,20H,2,5-6,13-15H2,1H3. The first kappa shape index (κ1) is 15.7. The van der Waals surface area contributed by atoms with Gasteiger partial charge in [-0.1, -0.05) is 18.2 Å². The van der Waals surface area contributed by atoms with Gasteiger partial charge >= 0.3 is 0 Å². The minimum Gasteiger partial charge on any atom is -0.494 e. The first-order valence-corrected chi connectivity index (χ1v) is 9.67. The Bertz CT molecular complexity index is 837. The average Bonchev–Trinajstić information content (AvgIpc) is 3.31. The topological polar surface area (TPSA) is 34.1 Å². The van der Waals surface area contributed by atoms with E-state index in [1.165, 1.54) is 24.0 Å². The van der Waals surface area contributed by atoms with Crippen LogP contribution in [0.4, 0.5) is 0 Å². The summed E-state index contributed by atoms with van der Waals surface area (Å²) in [5, 5.41) is 7.35. The summed E-state index contributed by atoms with van der Waals surface area (Å²) in [7, 11) is 0. The monoisotopic (exact) mass is 348 g/mol. The lowest BCUT2D eigenvalue weighted by atomic mass is 9.94. The van der Waals surface area contributed by atoms with E-state index in [2.05, 4.69) is 41.4 Å². The lowest BCUT2D eigenvalue weighted by molar-refractivity contribution is -0.114. The van der Waals surface area contributed by atoms with E-state index < -0.39 is 0 Å². The predicted molar refractivity (Wildman–Crippen MR) is 102 cm³/mol. The quantitative estimate of drug-likeness (QED) is 0.791. The first-order valence-electron chi connectivity index (χ1n) is 9.67. The molecule has 0 aromatic heterocycles. The Balaban J connectivity index is 1.52. The number of hydrazone groups is 1. The number of fused-ring (bicyclic) bond motifs is 4. The van der Waals surface area contributed by atoms with Crippen LogP contribution in [0.5, 0.6) is 11.5 Å². The number of nitrogens with zero attached hydrogens (tertiary/aromatic N) is 2. The summed E-state index contributed by atoms with van der Waals surface area (Å²) < 4.78 is 12.1. The molecule has 1 atom stereocenters. The molecule has 1 saturated carbocycles. The summed E-state index contributed by atoms with van der Waals surface area (Å²) in [4.78, 5) is 0. The highest BCUT2D eigenvalue weighted by Crippen LogP contribution is 2.51. The molecule has 134 valence electrons. The molecule has 4 nitrogen and oxygen atoms in total. The second-order valence-corrected chi connectivity index (χ2v) is 7.36. The first-order chi connectivity index (χ1) is 12.8. The fourth-order valence-corrected chi connectivity index (χ4v) is 4.57. The molecule has 0 radical (unpaired) electrons. The number of benzene rings is 2. The summed E-state index contributed by atoms with van der Waals surface area (Å²) in [6, 6.07) is 17.1. The predicted octanol–water partition coefficient (Wildman–Crippen LogP) is 4.90. The van der Waals surface area contributed by atoms with Gasteiger partial charge in [-0.05, 0) is 55.7 Å². The van der Waals surface area contributed by atoms with Crippen LogP contribution in [0.1, 0.15) is 56.2 Å². The van der Waals surface area contributed by atoms with E-state index in [9.17, 15) is 0 Å². The van der Waals surface area contributed by atoms with Gasteiger partial charge in [-0.2, -0.15) is 5.10 Å². The molecule has 0 saturated heterocycles. The maximum absolute atomic E-state index is 6.53. The van der Waals surface area contributed by atoms with E-state index in [-0.39, 0.29) is 11.8 Å². The van der Waals surface area contributed by atoms with Crippen molar-refractivity contribution in [3.05, 3.63) is 59.7 Å². The van der Waals surface area contributed by atoms with E-state index in [1.807, 2.05) is 19.1 Å². The van der Waals surface area contributed by atoms with Crippen molar-refractivity contribution in [3.63, 3.8) is 0 Å². The van der Waals surface area contributed by atoms with Gasteiger partial charge in [0.1, 0.15) is 11.5 Å². The number of rotatable bonds is 3. The summed E-state index contributed by atoms with van der Waals surface area (Å²) >= 11 is 0. The van der Waals surface area contributed by atoms with Crippen molar-refractivity contribution in [3.8, 4) is 11.5 Å². The van der Waals surface area contributed by atoms with Crippen LogP contribution >= 0.6 is 0 Å². The number of ether oxygens (including phenoxy) is 2. The number of hydrogen-bond acceptors (Lipinski definition) is 4. The number of para-hydroxylation sites is 1. The Morgan fingerprint density at radius 2 is 1.88 bits per heavy atom. The van der Waals surface area contributed by atoms with Crippen LogP contribution in [0.2, 0.25) is 0 Å². The fraction of sp³-hybridized carbons (Fsp3) is 0.409. The van der Waals surface area contributed by atoms with Gasteiger partial charge in [-0.3, -0.25) is 0 Å². The molecule has 26 heavy (non-hydrogen) atoms. The molecule has 1 spiro atoms. The van der Waals surface area contributed by atoms with Crippen molar-refractivity contribution in [1.82, 2.24) is 5.01 Å². The Morgan fingerprint density at radius 1 is 1.12 bits per heavy atom. The van der Waals surface area contributed by atoms with Crippen molar-refractivity contribution in [1.29, 1.82) is 0 Å². The SMILES string of the molecule is CCOc1ccc(C2=NN3C(C2)c2ccccc2OC32CCCC2)cc1. The second-order valence-electron chi connectivity index (χ2n) is 7.36. The van der Waals surface area contributed by atoms with Crippen molar-refractivity contribution < 1.29 is 9.47 Å². The van der Waals surface area contributed by atoms with Gasteiger partial charge in [0, 0.05) is 24.8 Å². The van der Waals surface area contributed by atoms with Crippen molar-refractivity contribution in [2.24, 2.45) is 5.10 Å². The molecule has 1 fully saturated rings. The third-order valence-electron chi connectivity index (χ3n) is 5.79. The molecule has 0 amide bonds. The molecule has 1 unspecified atom stereocenters. The molecule has 2 aromatic rings. The van der Waals surface area contributed by atoms with Gasteiger partial charge < -0.3 is 9.47 Å². The molecule has 3 aliphatic rings. The molecule has 2 aliphatic heterocycles. The van der Waals surface area contributed by atoms with Crippen LogP contribution in [0.15, 0.2) is 53.6 Å². The number of hydrogen-bond donors (Lipinski definition) is 0. The summed E-state index contributed by atoms with van der Waals surface area (Å²) in [6.07, 6.45) is 5.45. The fourth-order valence-electron chi connectivity index (χ4n) is 4.57. The van der Waals surface area contributed by atoms with Gasteiger partial charge in [-0.15, -0.1) is 0 Å². The molecule has 1 aliphatic carbocycles. The highest BCUT2D eigenvalue weighted by molar-refractivity contribution is 6.02. The largest absolute Gasteiger partial charge is 0.494 e. The van der Waals surface area contributed by atoms with Crippen molar-refractivity contribution in [2.75, 3.05) is 6.61 Å². The molecule has 4 heteroatoms. The molecule has 5 rings (SSSR count). The minimum atomic E-state index is -0.258. The lowest BCUT2D eigenvalue weighted by Crippen LogP contribution is -2.51. The van der Waals surface area contributed by atoms with Crippen molar-refractivity contribution >= 4 is 5.71 Å². The van der Waals surface area contributed by atoms with Gasteiger partial charge in [0.25, 0.3) is 0 Å². The maximum atomic E-state index is 6.53. The molecule has 0 N–H and O–H groups in total. The summed E-state index contributed by atoms with van der Waals surface area (Å²) in [6.45, 7) is 2.69. The summed E-state index contributed by atoms with van der Waals surface area (Å²) in [5.41, 5.74) is 3.32. The van der Waals surface area contributed by atoms with Crippen molar-refractivity contribution in [2.45, 2.75) is 50.8 Å². The maximum Gasteiger partial charge on any atom is 0.198 e. The Labute approximate surface area is 154 Å². The average molecular weight is 348 g/mol. The molecule has 2 aromatic carbocycles. The van der Waals surface area contributed by atoms with Crippen LogP contribution in [-0.4, -0.2) is 23.1 Å². The van der Waals surface area contributed by atoms with E-state index in [4.69, 9.17) is 14.6 Å². The zero-order chi connectivity index (χ0) is 17.6. The van der Waals surface area contributed by atoms with E-state index in [0.29, 0.717) is 6.61 Å².